The van der Waals surface area contributed by atoms with E-state index in [-0.39, 0.29) is 5.41 Å². The molecule has 0 saturated heterocycles. The lowest BCUT2D eigenvalue weighted by molar-refractivity contribution is 0.661. The summed E-state index contributed by atoms with van der Waals surface area (Å²) in [5.74, 6) is 0.687. The van der Waals surface area contributed by atoms with Gasteiger partial charge in [-0.15, -0.1) is 0 Å². The summed E-state index contributed by atoms with van der Waals surface area (Å²) in [4.78, 5) is 9.63. The van der Waals surface area contributed by atoms with Crippen molar-refractivity contribution in [2.24, 2.45) is 0 Å². The molecule has 0 saturated carbocycles. The topological polar surface area (TPSA) is 30.2 Å². The zero-order chi connectivity index (χ0) is 45.3. The average molecular weight is 868 g/mol. The van der Waals surface area contributed by atoms with Crippen molar-refractivity contribution < 1.29 is 0 Å². The number of hydrogen-bond donors (Lipinski definition) is 0. The minimum atomic E-state index is -0.259. The maximum atomic E-state index is 5.03. The van der Waals surface area contributed by atoms with Crippen LogP contribution in [0.15, 0.2) is 237 Å². The highest BCUT2D eigenvalue weighted by atomic mass is 15.1. The summed E-state index contributed by atoms with van der Waals surface area (Å²) in [6, 6.07) is 82.2. The fraction of sp³-hybridized carbons (Fsp3) is 0.0462. The van der Waals surface area contributed by atoms with E-state index in [4.69, 9.17) is 4.98 Å². The molecule has 3 heteroatoms. The summed E-state index contributed by atoms with van der Waals surface area (Å²) in [6.07, 6.45) is 3.84. The van der Waals surface area contributed by atoms with Gasteiger partial charge in [-0.2, -0.15) is 0 Å². The molecule has 0 atom stereocenters. The minimum absolute atomic E-state index is 0.259. The van der Waals surface area contributed by atoms with Crippen molar-refractivity contribution in [3.63, 3.8) is 0 Å². The van der Waals surface area contributed by atoms with Crippen LogP contribution in [0.25, 0.3) is 117 Å². The summed E-state index contributed by atoms with van der Waals surface area (Å²) in [5.41, 5.74) is 21.3. The Morgan fingerprint density at radius 2 is 0.824 bits per heavy atom. The number of fused-ring (bicyclic) bond motifs is 6. The third kappa shape index (κ3) is 6.42. The van der Waals surface area contributed by atoms with Crippen molar-refractivity contribution in [3.05, 3.63) is 248 Å². The van der Waals surface area contributed by atoms with E-state index in [1.165, 1.54) is 99.4 Å². The van der Waals surface area contributed by atoms with Crippen LogP contribution in [-0.2, 0) is 5.41 Å². The first-order chi connectivity index (χ1) is 33.5. The predicted molar refractivity (Wildman–Crippen MR) is 284 cm³/mol. The van der Waals surface area contributed by atoms with Crippen molar-refractivity contribution in [3.8, 4) is 89.3 Å². The lowest BCUT2D eigenvalue weighted by Crippen LogP contribution is -2.15. The highest BCUT2D eigenvalue weighted by Crippen LogP contribution is 2.54. The summed E-state index contributed by atoms with van der Waals surface area (Å²) >= 11 is 0. The van der Waals surface area contributed by atoms with Gasteiger partial charge in [-0.1, -0.05) is 202 Å². The van der Waals surface area contributed by atoms with Crippen LogP contribution in [0.4, 0.5) is 0 Å². The molecule has 68 heavy (non-hydrogen) atoms. The van der Waals surface area contributed by atoms with E-state index < -0.39 is 0 Å². The Hall–Kier alpha value is -8.66. The molecule has 0 aliphatic heterocycles. The molecular weight excluding hydrogens is 823 g/mol. The van der Waals surface area contributed by atoms with Gasteiger partial charge in [0, 0.05) is 28.9 Å². The molecule has 2 heterocycles. The fourth-order valence-corrected chi connectivity index (χ4v) is 11.0. The molecule has 0 bridgehead atoms. The quantitative estimate of drug-likeness (QED) is 0.149. The Balaban J connectivity index is 0.983. The molecule has 2 aromatic heterocycles. The van der Waals surface area contributed by atoms with E-state index in [1.807, 2.05) is 18.3 Å². The van der Waals surface area contributed by atoms with E-state index in [0.717, 1.165) is 22.5 Å². The molecular formula is C65H45N3. The van der Waals surface area contributed by atoms with Gasteiger partial charge < -0.3 is 0 Å². The van der Waals surface area contributed by atoms with E-state index in [9.17, 15) is 0 Å². The zero-order valence-corrected chi connectivity index (χ0v) is 37.9. The largest absolute Gasteiger partial charge is 0.283 e. The molecule has 10 aromatic carbocycles. The van der Waals surface area contributed by atoms with Crippen molar-refractivity contribution in [2.45, 2.75) is 19.3 Å². The normalized spacial score (nSPS) is 12.7. The number of hydrogen-bond acceptors (Lipinski definition) is 2. The highest BCUT2D eigenvalue weighted by Gasteiger charge is 2.37. The number of nitrogens with zero attached hydrogens (tertiary/aromatic N) is 3. The Morgan fingerprint density at radius 1 is 0.353 bits per heavy atom. The van der Waals surface area contributed by atoms with Gasteiger partial charge in [0.25, 0.3) is 0 Å². The fourth-order valence-electron chi connectivity index (χ4n) is 11.0. The van der Waals surface area contributed by atoms with Gasteiger partial charge in [0.05, 0.1) is 11.4 Å². The Morgan fingerprint density at radius 3 is 1.44 bits per heavy atom. The SMILES string of the molecule is CC1(C)c2cc(-c3ccc(-c4nc5ncccn5c4-c4ccccc4)cc3)ccc2-c2cc3c(-c4cccc(-c5ccccc5)c4)c4ccccc4c(-c4cccc(-c5ccccc5)c4)c3cc21. The second-order valence-electron chi connectivity index (χ2n) is 18.6. The lowest BCUT2D eigenvalue weighted by Gasteiger charge is -2.24. The van der Waals surface area contributed by atoms with Crippen molar-refractivity contribution in [1.29, 1.82) is 0 Å². The second-order valence-corrected chi connectivity index (χ2v) is 18.6. The van der Waals surface area contributed by atoms with Crippen LogP contribution in [0.1, 0.15) is 25.0 Å². The van der Waals surface area contributed by atoms with Crippen LogP contribution in [0.2, 0.25) is 0 Å². The van der Waals surface area contributed by atoms with Crippen molar-refractivity contribution >= 4 is 27.3 Å². The van der Waals surface area contributed by atoms with Crippen molar-refractivity contribution in [2.75, 3.05) is 0 Å². The van der Waals surface area contributed by atoms with Crippen LogP contribution < -0.4 is 0 Å². The van der Waals surface area contributed by atoms with Gasteiger partial charge in [0.2, 0.25) is 5.78 Å². The Labute approximate surface area is 396 Å². The molecule has 0 fully saturated rings. The molecule has 320 valence electrons. The van der Waals surface area contributed by atoms with E-state index >= 15 is 0 Å². The monoisotopic (exact) mass is 867 g/mol. The van der Waals surface area contributed by atoms with Gasteiger partial charge in [-0.3, -0.25) is 4.40 Å². The first-order valence-corrected chi connectivity index (χ1v) is 23.5. The predicted octanol–water partition coefficient (Wildman–Crippen LogP) is 17.0. The Bertz CT molecular complexity index is 3900. The van der Waals surface area contributed by atoms with Crippen LogP contribution >= 0.6 is 0 Å². The molecule has 0 N–H and O–H groups in total. The first-order valence-electron chi connectivity index (χ1n) is 23.5. The van der Waals surface area contributed by atoms with Gasteiger partial charge in [0.1, 0.15) is 0 Å². The molecule has 0 amide bonds. The lowest BCUT2D eigenvalue weighted by atomic mass is 9.79. The minimum Gasteiger partial charge on any atom is -0.283 e. The number of rotatable bonds is 7. The zero-order valence-electron chi connectivity index (χ0n) is 37.9. The molecule has 3 nitrogen and oxygen atoms in total. The molecule has 13 rings (SSSR count). The number of benzene rings is 10. The van der Waals surface area contributed by atoms with Crippen LogP contribution in [-0.4, -0.2) is 14.4 Å². The summed E-state index contributed by atoms with van der Waals surface area (Å²) in [6.45, 7) is 4.81. The third-order valence-electron chi connectivity index (χ3n) is 14.3. The second kappa shape index (κ2) is 15.8. The van der Waals surface area contributed by atoms with Gasteiger partial charge in [-0.05, 0) is 136 Å². The molecule has 1 aliphatic rings. The van der Waals surface area contributed by atoms with Crippen molar-refractivity contribution in [1.82, 2.24) is 14.4 Å². The molecule has 0 radical (unpaired) electrons. The van der Waals surface area contributed by atoms with E-state index in [0.29, 0.717) is 5.78 Å². The smallest absolute Gasteiger partial charge is 0.234 e. The van der Waals surface area contributed by atoms with Crippen LogP contribution in [0.5, 0.6) is 0 Å². The maximum Gasteiger partial charge on any atom is 0.234 e. The summed E-state index contributed by atoms with van der Waals surface area (Å²) < 4.78 is 2.08. The maximum absolute atomic E-state index is 5.03. The average Bonchev–Trinajstić information content (AvgIpc) is 3.90. The highest BCUT2D eigenvalue weighted by molar-refractivity contribution is 6.22. The van der Waals surface area contributed by atoms with Gasteiger partial charge >= 0.3 is 0 Å². The van der Waals surface area contributed by atoms with Crippen LogP contribution in [0.3, 0.4) is 0 Å². The molecule has 0 unspecified atom stereocenters. The van der Waals surface area contributed by atoms with Gasteiger partial charge in [0.15, 0.2) is 0 Å². The standard InChI is InChI=1S/C65H45N3/c1-65(2)58-39-49(44-29-31-45(32-30-44)62-63(46-21-10-5-11-22-46)68-36-16-35-66-64(68)67-62)33-34-52(58)55-40-56-57(41-59(55)65)61(51-26-15-24-48(38-51)43-19-8-4-9-20-43)54-28-13-12-27-53(54)60(56)50-25-14-23-47(37-50)42-17-6-3-7-18-42/h3-41H,1-2H3. The summed E-state index contributed by atoms with van der Waals surface area (Å²) in [5, 5.41) is 5.02. The first kappa shape index (κ1) is 39.7. The molecule has 12 aromatic rings. The Kier molecular flexibility index (Phi) is 9.19. The number of imidazole rings is 1. The molecule has 1 aliphatic carbocycles. The summed E-state index contributed by atoms with van der Waals surface area (Å²) in [7, 11) is 0. The number of aromatic nitrogens is 3. The van der Waals surface area contributed by atoms with Crippen LogP contribution in [0, 0.1) is 0 Å². The van der Waals surface area contributed by atoms with Gasteiger partial charge in [-0.25, -0.2) is 9.97 Å². The van der Waals surface area contributed by atoms with E-state index in [1.54, 1.807) is 6.20 Å². The third-order valence-corrected chi connectivity index (χ3v) is 14.3. The molecule has 0 spiro atoms. The van der Waals surface area contributed by atoms with E-state index in [2.05, 4.69) is 236 Å².